The van der Waals surface area contributed by atoms with Crippen LogP contribution in [0.4, 0.5) is 0 Å². The van der Waals surface area contributed by atoms with Gasteiger partial charge in [-0.1, -0.05) is 12.1 Å². The quantitative estimate of drug-likeness (QED) is 0.548. The molecule has 0 aromatic heterocycles. The number of methoxy groups -OCH3 is 1. The van der Waals surface area contributed by atoms with Gasteiger partial charge in [0.2, 0.25) is 0 Å². The summed E-state index contributed by atoms with van der Waals surface area (Å²) in [5, 5.41) is 0. The molecule has 116 valence electrons. The Hall–Kier alpha value is -1.77. The van der Waals surface area contributed by atoms with Crippen LogP contribution in [0, 0.1) is 0 Å². The lowest BCUT2D eigenvalue weighted by atomic mass is 10.0. The Labute approximate surface area is 122 Å². The summed E-state index contributed by atoms with van der Waals surface area (Å²) in [6, 6.07) is 4.62. The third-order valence-electron chi connectivity index (χ3n) is 2.84. The fourth-order valence-corrected chi connectivity index (χ4v) is 2.27. The highest BCUT2D eigenvalue weighted by Gasteiger charge is 2.16. The molecule has 0 aliphatic carbocycles. The van der Waals surface area contributed by atoms with E-state index in [1.807, 2.05) is 0 Å². The number of esters is 1. The van der Waals surface area contributed by atoms with E-state index in [0.29, 0.717) is 5.56 Å². The molecule has 0 spiro atoms. The molecular formula is C13H17NO6S. The molecule has 1 atom stereocenters. The van der Waals surface area contributed by atoms with Gasteiger partial charge in [-0.3, -0.25) is 14.1 Å². The van der Waals surface area contributed by atoms with Gasteiger partial charge in [0, 0.05) is 12.8 Å². The zero-order chi connectivity index (χ0) is 16.0. The van der Waals surface area contributed by atoms with E-state index in [2.05, 4.69) is 4.74 Å². The van der Waals surface area contributed by atoms with Crippen molar-refractivity contribution < 1.29 is 27.3 Å². The molecule has 0 saturated heterocycles. The number of ketones is 1. The Bertz CT molecular complexity index is 625. The zero-order valence-corrected chi connectivity index (χ0v) is 12.3. The van der Waals surface area contributed by atoms with E-state index in [4.69, 9.17) is 10.3 Å². The lowest BCUT2D eigenvalue weighted by Crippen LogP contribution is -2.32. The Balaban J connectivity index is 2.62. The maximum Gasteiger partial charge on any atom is 0.322 e. The second-order valence-corrected chi connectivity index (χ2v) is 5.93. The van der Waals surface area contributed by atoms with E-state index < -0.39 is 22.1 Å². The Morgan fingerprint density at radius 3 is 2.62 bits per heavy atom. The summed E-state index contributed by atoms with van der Waals surface area (Å²) in [5.41, 5.74) is 5.97. The van der Waals surface area contributed by atoms with Crippen LogP contribution in [-0.4, -0.2) is 37.9 Å². The van der Waals surface area contributed by atoms with Crippen LogP contribution in [-0.2, 0) is 30.9 Å². The van der Waals surface area contributed by atoms with Gasteiger partial charge in [-0.25, -0.2) is 0 Å². The normalized spacial score (nSPS) is 12.7. The van der Waals surface area contributed by atoms with Crippen LogP contribution >= 0.6 is 0 Å². The summed E-state index contributed by atoms with van der Waals surface area (Å²) in [4.78, 5) is 22.6. The van der Waals surface area contributed by atoms with Gasteiger partial charge in [0.25, 0.3) is 10.1 Å². The lowest BCUT2D eigenvalue weighted by molar-refractivity contribution is -0.142. The third kappa shape index (κ3) is 5.62. The molecular weight excluding hydrogens is 298 g/mol. The number of hydrogen-bond donors (Lipinski definition) is 2. The first-order valence-electron chi connectivity index (χ1n) is 6.15. The van der Waals surface area contributed by atoms with Crippen LogP contribution in [0.3, 0.4) is 0 Å². The van der Waals surface area contributed by atoms with Gasteiger partial charge < -0.3 is 10.5 Å². The van der Waals surface area contributed by atoms with Crippen LogP contribution in [0.25, 0.3) is 0 Å². The summed E-state index contributed by atoms with van der Waals surface area (Å²) in [6.07, 6.45) is 0.229. The molecule has 0 heterocycles. The first-order chi connectivity index (χ1) is 9.74. The SMILES string of the molecule is COC(=O)[C@@H](N)CCC(=O)Cc1cccc(S(=O)(=O)O)c1. The lowest BCUT2D eigenvalue weighted by Gasteiger charge is -2.08. The van der Waals surface area contributed by atoms with Gasteiger partial charge in [0.05, 0.1) is 12.0 Å². The minimum atomic E-state index is -4.29. The molecule has 0 fully saturated rings. The van der Waals surface area contributed by atoms with E-state index in [9.17, 15) is 18.0 Å². The van der Waals surface area contributed by atoms with Crippen molar-refractivity contribution in [3.05, 3.63) is 29.8 Å². The second kappa shape index (κ2) is 7.30. The first-order valence-corrected chi connectivity index (χ1v) is 7.59. The van der Waals surface area contributed by atoms with Crippen molar-refractivity contribution in [2.24, 2.45) is 5.73 Å². The minimum Gasteiger partial charge on any atom is -0.468 e. The smallest absolute Gasteiger partial charge is 0.322 e. The van der Waals surface area contributed by atoms with Gasteiger partial charge >= 0.3 is 5.97 Å². The maximum atomic E-state index is 11.8. The number of ether oxygens (including phenoxy) is 1. The molecule has 0 aliphatic heterocycles. The zero-order valence-electron chi connectivity index (χ0n) is 11.5. The maximum absolute atomic E-state index is 11.8. The molecule has 1 aromatic rings. The highest BCUT2D eigenvalue weighted by Crippen LogP contribution is 2.13. The number of hydrogen-bond acceptors (Lipinski definition) is 6. The van der Waals surface area contributed by atoms with Gasteiger partial charge in [0.1, 0.15) is 11.8 Å². The van der Waals surface area contributed by atoms with Crippen molar-refractivity contribution in [2.75, 3.05) is 7.11 Å². The van der Waals surface area contributed by atoms with Crippen molar-refractivity contribution in [3.8, 4) is 0 Å². The van der Waals surface area contributed by atoms with Crippen molar-refractivity contribution in [1.82, 2.24) is 0 Å². The summed E-state index contributed by atoms with van der Waals surface area (Å²) >= 11 is 0. The van der Waals surface area contributed by atoms with Crippen molar-refractivity contribution in [1.29, 1.82) is 0 Å². The van der Waals surface area contributed by atoms with E-state index >= 15 is 0 Å². The molecule has 1 aromatic carbocycles. The van der Waals surface area contributed by atoms with Crippen molar-refractivity contribution in [3.63, 3.8) is 0 Å². The van der Waals surface area contributed by atoms with Crippen molar-refractivity contribution >= 4 is 21.9 Å². The van der Waals surface area contributed by atoms with Gasteiger partial charge in [0.15, 0.2) is 0 Å². The minimum absolute atomic E-state index is 0.00273. The predicted octanol–water partition coefficient (Wildman–Crippen LogP) is 0.325. The molecule has 21 heavy (non-hydrogen) atoms. The van der Waals surface area contributed by atoms with Crippen molar-refractivity contribution in [2.45, 2.75) is 30.2 Å². The highest BCUT2D eigenvalue weighted by atomic mass is 32.2. The van der Waals surface area contributed by atoms with Crippen LogP contribution in [0.2, 0.25) is 0 Å². The van der Waals surface area contributed by atoms with E-state index in [1.54, 1.807) is 6.07 Å². The Kier molecular flexibility index (Phi) is 6.01. The molecule has 0 radical (unpaired) electrons. The van der Waals surface area contributed by atoms with Crippen LogP contribution in [0.5, 0.6) is 0 Å². The molecule has 0 bridgehead atoms. The Morgan fingerprint density at radius 1 is 1.38 bits per heavy atom. The number of rotatable bonds is 7. The fraction of sp³-hybridized carbons (Fsp3) is 0.385. The fourth-order valence-electron chi connectivity index (χ4n) is 1.72. The van der Waals surface area contributed by atoms with Gasteiger partial charge in [-0.05, 0) is 24.1 Å². The molecule has 1 rings (SSSR count). The number of Topliss-reactive ketones (excluding diaryl/α,β-unsaturated/α-hetero) is 1. The average Bonchev–Trinajstić information content (AvgIpc) is 2.43. The summed E-state index contributed by atoms with van der Waals surface area (Å²) in [7, 11) is -3.08. The predicted molar refractivity (Wildman–Crippen MR) is 74.2 cm³/mol. The molecule has 8 heteroatoms. The standard InChI is InChI=1S/C13H17NO6S/c1-20-13(16)12(14)6-5-10(15)7-9-3-2-4-11(8-9)21(17,18)19/h2-4,8,12H,5-7,14H2,1H3,(H,17,18,19)/t12-/m0/s1. The summed E-state index contributed by atoms with van der Waals surface area (Å²) < 4.78 is 35.4. The third-order valence-corrected chi connectivity index (χ3v) is 3.69. The summed E-state index contributed by atoms with van der Waals surface area (Å²) in [6.45, 7) is 0. The highest BCUT2D eigenvalue weighted by molar-refractivity contribution is 7.85. The number of benzene rings is 1. The molecule has 3 N–H and O–H groups in total. The van der Waals surface area contributed by atoms with E-state index in [1.165, 1.54) is 25.3 Å². The molecule has 0 saturated carbocycles. The average molecular weight is 315 g/mol. The number of carbonyl (C=O) groups is 2. The molecule has 0 aliphatic rings. The summed E-state index contributed by atoms with van der Waals surface area (Å²) in [5.74, 6) is -0.780. The first kappa shape index (κ1) is 17.3. The molecule has 0 amide bonds. The van der Waals surface area contributed by atoms with E-state index in [0.717, 1.165) is 0 Å². The number of nitrogens with two attached hydrogens (primary N) is 1. The van der Waals surface area contributed by atoms with Gasteiger partial charge in [-0.2, -0.15) is 8.42 Å². The monoisotopic (exact) mass is 315 g/mol. The second-order valence-electron chi connectivity index (χ2n) is 4.51. The van der Waals surface area contributed by atoms with Crippen LogP contribution in [0.15, 0.2) is 29.2 Å². The topological polar surface area (TPSA) is 124 Å². The van der Waals surface area contributed by atoms with Crippen LogP contribution < -0.4 is 5.73 Å². The largest absolute Gasteiger partial charge is 0.468 e. The van der Waals surface area contributed by atoms with Crippen LogP contribution in [0.1, 0.15) is 18.4 Å². The van der Waals surface area contributed by atoms with Gasteiger partial charge in [-0.15, -0.1) is 0 Å². The molecule has 0 unspecified atom stereocenters. The molecule has 7 nitrogen and oxygen atoms in total. The van der Waals surface area contributed by atoms with E-state index in [-0.39, 0.29) is 29.9 Å². The Morgan fingerprint density at radius 2 is 2.05 bits per heavy atom. The number of carbonyl (C=O) groups excluding carboxylic acids is 2.